The lowest BCUT2D eigenvalue weighted by Gasteiger charge is -2.35. The molecular formula is C33H35FN8O2. The molecule has 226 valence electrons. The molecule has 0 saturated carbocycles. The van der Waals surface area contributed by atoms with Crippen LogP contribution < -0.4 is 15.4 Å². The van der Waals surface area contributed by atoms with Crippen molar-refractivity contribution in [2.24, 2.45) is 5.92 Å². The standard InChI is InChI=1S/C33H35FN8O2/c1-4-33-19-41(18-23(33)10-11-40(33)2)32(43)39-28-14-26-27(15-30(28)44-3)35-20-36-31(26)38-25-8-9-29-22(13-25)16-37-42(29)17-21-6-5-7-24(34)12-21/h5-9,12-16,20,23H,4,10-11,17-19H2,1-3H3,(H,39,43)(H,35,36,38). The van der Waals surface area contributed by atoms with Crippen molar-refractivity contribution >= 4 is 45.0 Å². The first-order valence-electron chi connectivity index (χ1n) is 14.9. The third kappa shape index (κ3) is 4.86. The Bertz CT molecular complexity index is 1880. The summed E-state index contributed by atoms with van der Waals surface area (Å²) in [5.74, 6) is 1.35. The van der Waals surface area contributed by atoms with Crippen molar-refractivity contribution in [1.82, 2.24) is 29.5 Å². The van der Waals surface area contributed by atoms with Gasteiger partial charge in [0.25, 0.3) is 0 Å². The number of nitrogens with one attached hydrogen (secondary N) is 2. The number of benzene rings is 3. The number of anilines is 3. The number of hydrogen-bond donors (Lipinski definition) is 2. The fourth-order valence-electron chi connectivity index (χ4n) is 7.03. The van der Waals surface area contributed by atoms with Crippen molar-refractivity contribution in [2.75, 3.05) is 44.4 Å². The molecule has 5 aromatic rings. The second-order valence-corrected chi connectivity index (χ2v) is 11.8. The summed E-state index contributed by atoms with van der Waals surface area (Å²) < 4.78 is 21.2. The minimum absolute atomic E-state index is 0.0484. The highest BCUT2D eigenvalue weighted by Crippen LogP contribution is 2.43. The third-order valence-corrected chi connectivity index (χ3v) is 9.46. The monoisotopic (exact) mass is 594 g/mol. The Morgan fingerprint density at radius 1 is 1.16 bits per heavy atom. The molecule has 44 heavy (non-hydrogen) atoms. The number of urea groups is 1. The van der Waals surface area contributed by atoms with Gasteiger partial charge in [-0.15, -0.1) is 0 Å². The van der Waals surface area contributed by atoms with Crippen LogP contribution in [0.15, 0.2) is 67.1 Å². The number of halogens is 1. The molecule has 2 fully saturated rings. The molecule has 2 aliphatic rings. The van der Waals surface area contributed by atoms with Crippen LogP contribution in [-0.4, -0.2) is 74.9 Å². The molecule has 2 aliphatic heterocycles. The van der Waals surface area contributed by atoms with Crippen LogP contribution in [0, 0.1) is 11.7 Å². The Kier molecular flexibility index (Phi) is 7.04. The number of amides is 2. The van der Waals surface area contributed by atoms with E-state index in [9.17, 15) is 9.18 Å². The number of ether oxygens (including phenoxy) is 1. The molecule has 2 aromatic heterocycles. The SMILES string of the molecule is CCC12CN(C(=O)Nc3cc4c(Nc5ccc6c(cnn6Cc6cccc(F)c6)c5)ncnc4cc3OC)CC1CCN2C. The minimum Gasteiger partial charge on any atom is -0.494 e. The van der Waals surface area contributed by atoms with Crippen LogP contribution >= 0.6 is 0 Å². The maximum atomic E-state index is 13.7. The molecule has 2 amide bonds. The van der Waals surface area contributed by atoms with Crippen LogP contribution in [0.2, 0.25) is 0 Å². The van der Waals surface area contributed by atoms with Gasteiger partial charge in [-0.1, -0.05) is 19.1 Å². The van der Waals surface area contributed by atoms with Crippen LogP contribution in [0.25, 0.3) is 21.8 Å². The summed E-state index contributed by atoms with van der Waals surface area (Å²) in [5.41, 5.74) is 3.89. The Hall–Kier alpha value is -4.77. The first-order valence-corrected chi connectivity index (χ1v) is 14.9. The smallest absolute Gasteiger partial charge is 0.322 e. The maximum Gasteiger partial charge on any atom is 0.322 e. The summed E-state index contributed by atoms with van der Waals surface area (Å²) in [6.07, 6.45) is 5.42. The highest BCUT2D eigenvalue weighted by atomic mass is 19.1. The Labute approximate surface area is 254 Å². The predicted octanol–water partition coefficient (Wildman–Crippen LogP) is 5.87. The number of methoxy groups -OCH3 is 1. The molecule has 2 N–H and O–H groups in total. The largest absolute Gasteiger partial charge is 0.494 e. The number of rotatable bonds is 7. The van der Waals surface area contributed by atoms with Crippen molar-refractivity contribution in [3.63, 3.8) is 0 Å². The topological polar surface area (TPSA) is 100 Å². The van der Waals surface area contributed by atoms with Crippen LogP contribution in [0.5, 0.6) is 5.75 Å². The number of nitrogens with zero attached hydrogens (tertiary/aromatic N) is 6. The Morgan fingerprint density at radius 3 is 2.84 bits per heavy atom. The average Bonchev–Trinajstić information content (AvgIpc) is 3.70. The van der Waals surface area contributed by atoms with Crippen LogP contribution in [0.3, 0.4) is 0 Å². The molecule has 0 spiro atoms. The first kappa shape index (κ1) is 28.0. The van der Waals surface area contributed by atoms with Gasteiger partial charge in [0, 0.05) is 41.2 Å². The van der Waals surface area contributed by atoms with Crippen molar-refractivity contribution in [3.05, 3.63) is 78.5 Å². The molecule has 0 radical (unpaired) electrons. The van der Waals surface area contributed by atoms with Gasteiger partial charge >= 0.3 is 6.03 Å². The number of aromatic nitrogens is 4. The second kappa shape index (κ2) is 11.1. The normalized spacial score (nSPS) is 19.9. The van der Waals surface area contributed by atoms with Gasteiger partial charge in [-0.05, 0) is 74.3 Å². The predicted molar refractivity (Wildman–Crippen MR) is 169 cm³/mol. The van der Waals surface area contributed by atoms with Crippen molar-refractivity contribution in [1.29, 1.82) is 0 Å². The molecule has 2 unspecified atom stereocenters. The zero-order valence-electron chi connectivity index (χ0n) is 25.0. The lowest BCUT2D eigenvalue weighted by Crippen LogP contribution is -2.48. The molecule has 7 rings (SSSR count). The zero-order valence-corrected chi connectivity index (χ0v) is 25.0. The Morgan fingerprint density at radius 2 is 2.05 bits per heavy atom. The van der Waals surface area contributed by atoms with Gasteiger partial charge in [0.1, 0.15) is 23.7 Å². The number of likely N-dealkylation sites (N-methyl/N-ethyl adjacent to an activating group) is 1. The molecule has 2 saturated heterocycles. The van der Waals surface area contributed by atoms with Crippen LogP contribution in [0.1, 0.15) is 25.3 Å². The van der Waals surface area contributed by atoms with E-state index in [1.807, 2.05) is 46.0 Å². The van der Waals surface area contributed by atoms with Crippen molar-refractivity contribution in [3.8, 4) is 5.75 Å². The number of hydrogen-bond acceptors (Lipinski definition) is 7. The van der Waals surface area contributed by atoms with Gasteiger partial charge in [-0.25, -0.2) is 19.2 Å². The van der Waals surface area contributed by atoms with E-state index in [-0.39, 0.29) is 17.4 Å². The quantitative estimate of drug-likeness (QED) is 0.243. The van der Waals surface area contributed by atoms with E-state index in [0.717, 1.165) is 53.5 Å². The lowest BCUT2D eigenvalue weighted by atomic mass is 9.86. The van der Waals surface area contributed by atoms with Gasteiger partial charge < -0.3 is 20.3 Å². The highest BCUT2D eigenvalue weighted by Gasteiger charge is 2.52. The van der Waals surface area contributed by atoms with Gasteiger partial charge in [-0.3, -0.25) is 9.58 Å². The average molecular weight is 595 g/mol. The van der Waals surface area contributed by atoms with Crippen LogP contribution in [0.4, 0.5) is 26.4 Å². The van der Waals surface area contributed by atoms with Gasteiger partial charge in [0.05, 0.1) is 36.6 Å². The molecule has 3 aromatic carbocycles. The number of carbonyl (C=O) groups is 1. The van der Waals surface area contributed by atoms with Crippen LogP contribution in [-0.2, 0) is 6.54 Å². The maximum absolute atomic E-state index is 13.7. The highest BCUT2D eigenvalue weighted by molar-refractivity contribution is 5.99. The molecule has 2 atom stereocenters. The number of carbonyl (C=O) groups excluding carboxylic acids is 1. The van der Waals surface area contributed by atoms with Crippen molar-refractivity contribution < 1.29 is 13.9 Å². The summed E-state index contributed by atoms with van der Waals surface area (Å²) in [6, 6.07) is 16.0. The Balaban J connectivity index is 1.14. The lowest BCUT2D eigenvalue weighted by molar-refractivity contribution is 0.148. The molecule has 0 aliphatic carbocycles. The van der Waals surface area contributed by atoms with Crippen molar-refractivity contribution in [2.45, 2.75) is 31.8 Å². The molecule has 11 heteroatoms. The van der Waals surface area contributed by atoms with E-state index < -0.39 is 0 Å². The molecule has 0 bridgehead atoms. The zero-order chi connectivity index (χ0) is 30.4. The third-order valence-electron chi connectivity index (χ3n) is 9.46. The van der Waals surface area contributed by atoms with E-state index in [1.165, 1.54) is 18.5 Å². The molecule has 4 heterocycles. The second-order valence-electron chi connectivity index (χ2n) is 11.8. The fraction of sp³-hybridized carbons (Fsp3) is 0.333. The summed E-state index contributed by atoms with van der Waals surface area (Å²) in [4.78, 5) is 26.8. The summed E-state index contributed by atoms with van der Waals surface area (Å²) >= 11 is 0. The van der Waals surface area contributed by atoms with E-state index in [2.05, 4.69) is 44.6 Å². The molecular weight excluding hydrogens is 559 g/mol. The first-order chi connectivity index (χ1) is 21.4. The fourth-order valence-corrected chi connectivity index (χ4v) is 7.03. The number of likely N-dealkylation sites (tertiary alicyclic amines) is 2. The van der Waals surface area contributed by atoms with Gasteiger partial charge in [0.2, 0.25) is 0 Å². The minimum atomic E-state index is -0.265. The van der Waals surface area contributed by atoms with E-state index >= 15 is 0 Å². The summed E-state index contributed by atoms with van der Waals surface area (Å²) in [7, 11) is 3.75. The van der Waals surface area contributed by atoms with E-state index in [1.54, 1.807) is 19.4 Å². The van der Waals surface area contributed by atoms with Gasteiger partial charge in [0.15, 0.2) is 0 Å². The van der Waals surface area contributed by atoms with E-state index in [0.29, 0.717) is 41.8 Å². The summed E-state index contributed by atoms with van der Waals surface area (Å²) in [5, 5.41) is 12.7. The number of fused-ring (bicyclic) bond motifs is 3. The van der Waals surface area contributed by atoms with Gasteiger partial charge in [-0.2, -0.15) is 5.10 Å². The molecule has 10 nitrogen and oxygen atoms in total. The summed E-state index contributed by atoms with van der Waals surface area (Å²) in [6.45, 7) is 5.22. The van der Waals surface area contributed by atoms with E-state index in [4.69, 9.17) is 4.74 Å².